The minimum absolute atomic E-state index is 0.0746. The van der Waals surface area contributed by atoms with Crippen LogP contribution in [0, 0.1) is 11.6 Å². The maximum Gasteiger partial charge on any atom is 0.251 e. The number of pyridine rings is 1. The van der Waals surface area contributed by atoms with Gasteiger partial charge in [0, 0.05) is 30.9 Å². The van der Waals surface area contributed by atoms with Gasteiger partial charge in [-0.2, -0.15) is 0 Å². The van der Waals surface area contributed by atoms with Crippen molar-refractivity contribution in [1.29, 1.82) is 0 Å². The molecule has 2 aromatic heterocycles. The molecule has 3 aromatic rings. The maximum absolute atomic E-state index is 13.1. The maximum atomic E-state index is 13.1. The number of ether oxygens (including phenoxy) is 1. The summed E-state index contributed by atoms with van der Waals surface area (Å²) in [6.07, 6.45) is 4.20. The molecule has 0 unspecified atom stereocenters. The number of benzene rings is 1. The SMILES string of the molecule is COc1cccn2cc(CCNC(=O)c3ccc(F)c(F)c3)nc12. The zero-order chi connectivity index (χ0) is 17.1. The van der Waals surface area contributed by atoms with Crippen LogP contribution in [0.15, 0.2) is 42.7 Å². The first-order valence-corrected chi connectivity index (χ1v) is 7.32. The van der Waals surface area contributed by atoms with Crippen LogP contribution in [0.3, 0.4) is 0 Å². The number of hydrogen-bond donors (Lipinski definition) is 1. The molecule has 1 amide bonds. The zero-order valence-electron chi connectivity index (χ0n) is 12.9. The molecule has 2 heterocycles. The topological polar surface area (TPSA) is 55.6 Å². The number of aromatic nitrogens is 2. The third kappa shape index (κ3) is 3.19. The number of halogens is 2. The first kappa shape index (κ1) is 15.9. The molecule has 124 valence electrons. The Labute approximate surface area is 136 Å². The summed E-state index contributed by atoms with van der Waals surface area (Å²) in [6.45, 7) is 0.323. The van der Waals surface area contributed by atoms with E-state index < -0.39 is 17.5 Å². The summed E-state index contributed by atoms with van der Waals surface area (Å²) in [5.74, 6) is -1.83. The first-order valence-electron chi connectivity index (χ1n) is 7.32. The van der Waals surface area contributed by atoms with Crippen molar-refractivity contribution in [3.05, 3.63) is 65.6 Å². The monoisotopic (exact) mass is 331 g/mol. The standard InChI is InChI=1S/C17H15F2N3O2/c1-24-15-3-2-8-22-10-12(21-16(15)22)6-7-20-17(23)11-4-5-13(18)14(19)9-11/h2-5,8-10H,6-7H2,1H3,(H,20,23). The molecule has 0 aliphatic heterocycles. The molecule has 5 nitrogen and oxygen atoms in total. The van der Waals surface area contributed by atoms with E-state index in [0.717, 1.165) is 17.8 Å². The Hall–Kier alpha value is -2.96. The molecule has 0 aliphatic carbocycles. The van der Waals surface area contributed by atoms with E-state index in [4.69, 9.17) is 4.74 Å². The summed E-state index contributed by atoms with van der Waals surface area (Å²) in [7, 11) is 1.58. The molecule has 3 rings (SSSR count). The van der Waals surface area contributed by atoms with E-state index in [-0.39, 0.29) is 5.56 Å². The molecule has 1 N–H and O–H groups in total. The van der Waals surface area contributed by atoms with E-state index in [1.54, 1.807) is 7.11 Å². The molecular formula is C17H15F2N3O2. The normalized spacial score (nSPS) is 10.8. The lowest BCUT2D eigenvalue weighted by Gasteiger charge is -2.04. The minimum Gasteiger partial charge on any atom is -0.493 e. The molecule has 0 aliphatic rings. The van der Waals surface area contributed by atoms with Crippen molar-refractivity contribution in [2.45, 2.75) is 6.42 Å². The number of imidazole rings is 1. The van der Waals surface area contributed by atoms with Crippen LogP contribution in [0.25, 0.3) is 5.65 Å². The molecule has 1 aromatic carbocycles. The Bertz CT molecular complexity index is 893. The smallest absolute Gasteiger partial charge is 0.251 e. The van der Waals surface area contributed by atoms with Crippen molar-refractivity contribution >= 4 is 11.6 Å². The number of hydrogen-bond acceptors (Lipinski definition) is 3. The van der Waals surface area contributed by atoms with Gasteiger partial charge in [-0.25, -0.2) is 13.8 Å². The largest absolute Gasteiger partial charge is 0.493 e. The Balaban J connectivity index is 1.63. The second kappa shape index (κ2) is 6.66. The molecule has 24 heavy (non-hydrogen) atoms. The second-order valence-electron chi connectivity index (χ2n) is 5.17. The Morgan fingerprint density at radius 1 is 1.29 bits per heavy atom. The molecule has 0 atom stereocenters. The predicted molar refractivity (Wildman–Crippen MR) is 84.1 cm³/mol. The van der Waals surface area contributed by atoms with E-state index in [0.29, 0.717) is 24.4 Å². The van der Waals surface area contributed by atoms with Gasteiger partial charge in [0.1, 0.15) is 0 Å². The summed E-state index contributed by atoms with van der Waals surface area (Å²) < 4.78 is 33.1. The van der Waals surface area contributed by atoms with Crippen molar-refractivity contribution in [2.24, 2.45) is 0 Å². The van der Waals surface area contributed by atoms with Crippen LogP contribution in [0.2, 0.25) is 0 Å². The van der Waals surface area contributed by atoms with Gasteiger partial charge in [-0.05, 0) is 30.3 Å². The van der Waals surface area contributed by atoms with Crippen LogP contribution in [0.1, 0.15) is 16.1 Å². The van der Waals surface area contributed by atoms with Crippen molar-refractivity contribution < 1.29 is 18.3 Å². The van der Waals surface area contributed by atoms with Gasteiger partial charge < -0.3 is 14.5 Å². The molecule has 7 heteroatoms. The lowest BCUT2D eigenvalue weighted by molar-refractivity contribution is 0.0953. The first-order chi connectivity index (χ1) is 11.6. The summed E-state index contributed by atoms with van der Waals surface area (Å²) in [4.78, 5) is 16.4. The fourth-order valence-corrected chi connectivity index (χ4v) is 2.36. The third-order valence-corrected chi connectivity index (χ3v) is 3.57. The van der Waals surface area contributed by atoms with Crippen molar-refractivity contribution in [3.8, 4) is 5.75 Å². The summed E-state index contributed by atoms with van der Waals surface area (Å²) >= 11 is 0. The average Bonchev–Trinajstić information content (AvgIpc) is 3.00. The van der Waals surface area contributed by atoms with Crippen LogP contribution in [-0.2, 0) is 6.42 Å². The highest BCUT2D eigenvalue weighted by Crippen LogP contribution is 2.18. The number of carbonyl (C=O) groups is 1. The van der Waals surface area contributed by atoms with Gasteiger partial charge in [-0.15, -0.1) is 0 Å². The average molecular weight is 331 g/mol. The summed E-state index contributed by atoms with van der Waals surface area (Å²) in [5.41, 5.74) is 1.55. The van der Waals surface area contributed by atoms with Crippen molar-refractivity contribution in [1.82, 2.24) is 14.7 Å². The van der Waals surface area contributed by atoms with Gasteiger partial charge in [-0.1, -0.05) is 0 Å². The van der Waals surface area contributed by atoms with E-state index in [1.807, 2.05) is 28.9 Å². The fourth-order valence-electron chi connectivity index (χ4n) is 2.36. The van der Waals surface area contributed by atoms with Crippen molar-refractivity contribution in [2.75, 3.05) is 13.7 Å². The van der Waals surface area contributed by atoms with Gasteiger partial charge in [0.2, 0.25) is 0 Å². The Morgan fingerprint density at radius 2 is 2.12 bits per heavy atom. The van der Waals surface area contributed by atoms with Gasteiger partial charge in [0.05, 0.1) is 12.8 Å². The highest BCUT2D eigenvalue weighted by molar-refractivity contribution is 5.94. The number of fused-ring (bicyclic) bond motifs is 1. The van der Waals surface area contributed by atoms with E-state index in [1.165, 1.54) is 6.07 Å². The van der Waals surface area contributed by atoms with Crippen molar-refractivity contribution in [3.63, 3.8) is 0 Å². The molecule has 0 fully saturated rings. The molecule has 0 spiro atoms. The molecular weight excluding hydrogens is 316 g/mol. The zero-order valence-corrected chi connectivity index (χ0v) is 12.9. The number of methoxy groups -OCH3 is 1. The highest BCUT2D eigenvalue weighted by atomic mass is 19.2. The number of amides is 1. The number of rotatable bonds is 5. The van der Waals surface area contributed by atoms with Gasteiger partial charge in [-0.3, -0.25) is 4.79 Å². The molecule has 0 saturated carbocycles. The van der Waals surface area contributed by atoms with Crippen LogP contribution in [-0.4, -0.2) is 28.9 Å². The van der Waals surface area contributed by atoms with E-state index in [2.05, 4.69) is 10.3 Å². The second-order valence-corrected chi connectivity index (χ2v) is 5.17. The van der Waals surface area contributed by atoms with Crippen LogP contribution in [0.5, 0.6) is 5.75 Å². The van der Waals surface area contributed by atoms with Crippen LogP contribution in [0.4, 0.5) is 8.78 Å². The molecule has 0 saturated heterocycles. The fraction of sp³-hybridized carbons (Fsp3) is 0.176. The van der Waals surface area contributed by atoms with Gasteiger partial charge in [0.25, 0.3) is 5.91 Å². The lowest BCUT2D eigenvalue weighted by Crippen LogP contribution is -2.25. The highest BCUT2D eigenvalue weighted by Gasteiger charge is 2.10. The van der Waals surface area contributed by atoms with Gasteiger partial charge >= 0.3 is 0 Å². The lowest BCUT2D eigenvalue weighted by atomic mass is 10.2. The number of nitrogens with zero attached hydrogens (tertiary/aromatic N) is 2. The van der Waals surface area contributed by atoms with Crippen LogP contribution >= 0.6 is 0 Å². The predicted octanol–water partition coefficient (Wildman–Crippen LogP) is 2.59. The quantitative estimate of drug-likeness (QED) is 0.782. The number of nitrogens with one attached hydrogen (secondary N) is 1. The Kier molecular flexibility index (Phi) is 4.41. The van der Waals surface area contributed by atoms with Crippen LogP contribution < -0.4 is 10.1 Å². The van der Waals surface area contributed by atoms with Gasteiger partial charge in [0.15, 0.2) is 23.0 Å². The summed E-state index contributed by atoms with van der Waals surface area (Å²) in [6, 6.07) is 6.71. The summed E-state index contributed by atoms with van der Waals surface area (Å²) in [5, 5.41) is 2.66. The molecule has 0 radical (unpaired) electrons. The minimum atomic E-state index is -1.05. The molecule has 0 bridgehead atoms. The van der Waals surface area contributed by atoms with E-state index in [9.17, 15) is 13.6 Å². The Morgan fingerprint density at radius 3 is 2.88 bits per heavy atom. The van der Waals surface area contributed by atoms with E-state index >= 15 is 0 Å². The third-order valence-electron chi connectivity index (χ3n) is 3.57. The number of carbonyl (C=O) groups excluding carboxylic acids is 1.